The van der Waals surface area contributed by atoms with Gasteiger partial charge in [0.25, 0.3) is 5.91 Å². The molecule has 0 unspecified atom stereocenters. The summed E-state index contributed by atoms with van der Waals surface area (Å²) in [5.74, 6) is 0.522. The van der Waals surface area contributed by atoms with E-state index in [2.05, 4.69) is 27.3 Å². The zero-order chi connectivity index (χ0) is 19.8. The molecule has 0 spiro atoms. The number of pyridine rings is 1. The number of likely N-dealkylation sites (tertiary alicyclic amines) is 1. The molecule has 4 heterocycles. The summed E-state index contributed by atoms with van der Waals surface area (Å²) in [5, 5.41) is 5.64. The predicted octanol–water partition coefficient (Wildman–Crippen LogP) is 4.08. The summed E-state index contributed by atoms with van der Waals surface area (Å²) in [6.07, 6.45) is 7.50. The Kier molecular flexibility index (Phi) is 4.39. The van der Waals surface area contributed by atoms with Crippen molar-refractivity contribution in [2.24, 2.45) is 0 Å². The van der Waals surface area contributed by atoms with Gasteiger partial charge in [-0.25, -0.2) is 9.67 Å². The van der Waals surface area contributed by atoms with Crippen LogP contribution in [0.3, 0.4) is 0 Å². The van der Waals surface area contributed by atoms with Crippen molar-refractivity contribution < 1.29 is 4.79 Å². The van der Waals surface area contributed by atoms with Crippen LogP contribution in [0.1, 0.15) is 40.4 Å². The number of nitrogens with zero attached hydrogens (tertiary/aromatic N) is 4. The second kappa shape index (κ2) is 7.20. The van der Waals surface area contributed by atoms with Gasteiger partial charge in [-0.05, 0) is 55.5 Å². The van der Waals surface area contributed by atoms with Crippen LogP contribution in [0.25, 0.3) is 16.7 Å². The van der Waals surface area contributed by atoms with E-state index < -0.39 is 0 Å². The average Bonchev–Trinajstić information content (AvgIpc) is 3.38. The van der Waals surface area contributed by atoms with E-state index in [1.807, 2.05) is 59.1 Å². The highest BCUT2D eigenvalue weighted by Gasteiger charge is 2.28. The molecule has 0 bridgehead atoms. The van der Waals surface area contributed by atoms with Crippen LogP contribution in [0.4, 0.5) is 0 Å². The van der Waals surface area contributed by atoms with Gasteiger partial charge in [0.2, 0.25) is 0 Å². The smallest absolute Gasteiger partial charge is 0.257 e. The van der Waals surface area contributed by atoms with Crippen LogP contribution in [0.5, 0.6) is 0 Å². The lowest BCUT2D eigenvalue weighted by Gasteiger charge is -2.32. The number of hydrogen-bond donors (Lipinski definition) is 1. The molecule has 1 aliphatic rings. The van der Waals surface area contributed by atoms with Gasteiger partial charge in [-0.3, -0.25) is 4.79 Å². The van der Waals surface area contributed by atoms with Crippen molar-refractivity contribution in [2.75, 3.05) is 13.1 Å². The summed E-state index contributed by atoms with van der Waals surface area (Å²) in [7, 11) is 0. The summed E-state index contributed by atoms with van der Waals surface area (Å²) in [4.78, 5) is 22.7. The second-order valence-corrected chi connectivity index (χ2v) is 7.60. The minimum Gasteiger partial charge on any atom is -0.346 e. The first-order valence-corrected chi connectivity index (χ1v) is 10.0. The Labute approximate surface area is 169 Å². The molecule has 4 aromatic rings. The van der Waals surface area contributed by atoms with Crippen LogP contribution < -0.4 is 0 Å². The van der Waals surface area contributed by atoms with Crippen LogP contribution in [-0.2, 0) is 0 Å². The fourth-order valence-corrected chi connectivity index (χ4v) is 4.33. The Morgan fingerprint density at radius 1 is 1.10 bits per heavy atom. The van der Waals surface area contributed by atoms with Crippen molar-refractivity contribution in [3.63, 3.8) is 0 Å². The Morgan fingerprint density at radius 2 is 1.90 bits per heavy atom. The molecule has 0 atom stereocenters. The van der Waals surface area contributed by atoms with Gasteiger partial charge in [0.05, 0.1) is 23.1 Å². The number of piperidine rings is 1. The summed E-state index contributed by atoms with van der Waals surface area (Å²) >= 11 is 0. The third kappa shape index (κ3) is 3.10. The molecule has 1 aliphatic heterocycles. The number of carbonyl (C=O) groups excluding carboxylic acids is 1. The SMILES string of the molecule is Cc1c(C(=O)N2CCC(c3c[nH]c4ncccc34)CC2)cnn1-c1ccccc1. The molecule has 5 rings (SSSR count). The van der Waals surface area contributed by atoms with Crippen molar-refractivity contribution in [1.29, 1.82) is 0 Å². The van der Waals surface area contributed by atoms with E-state index in [-0.39, 0.29) is 5.91 Å². The van der Waals surface area contributed by atoms with Gasteiger partial charge in [0.1, 0.15) is 5.65 Å². The molecule has 6 nitrogen and oxygen atoms in total. The quantitative estimate of drug-likeness (QED) is 0.578. The Bertz CT molecular complexity index is 1150. The summed E-state index contributed by atoms with van der Waals surface area (Å²) in [6, 6.07) is 14.0. The molecule has 0 saturated carbocycles. The molecule has 0 aliphatic carbocycles. The highest BCUT2D eigenvalue weighted by molar-refractivity contribution is 5.95. The minimum absolute atomic E-state index is 0.0729. The number of rotatable bonds is 3. The molecule has 3 aromatic heterocycles. The predicted molar refractivity (Wildman–Crippen MR) is 112 cm³/mol. The number of nitrogens with one attached hydrogen (secondary N) is 1. The number of aromatic nitrogens is 4. The van der Waals surface area contributed by atoms with Crippen molar-refractivity contribution >= 4 is 16.9 Å². The number of hydrogen-bond acceptors (Lipinski definition) is 3. The van der Waals surface area contributed by atoms with Crippen LogP contribution >= 0.6 is 0 Å². The highest BCUT2D eigenvalue weighted by atomic mass is 16.2. The molecule has 1 amide bonds. The number of amides is 1. The van der Waals surface area contributed by atoms with Gasteiger partial charge in [0.15, 0.2) is 0 Å². The molecule has 6 heteroatoms. The second-order valence-electron chi connectivity index (χ2n) is 7.60. The Hall–Kier alpha value is -3.41. The fraction of sp³-hybridized carbons (Fsp3) is 0.261. The van der Waals surface area contributed by atoms with Crippen molar-refractivity contribution in [1.82, 2.24) is 24.6 Å². The lowest BCUT2D eigenvalue weighted by Crippen LogP contribution is -2.38. The van der Waals surface area contributed by atoms with Gasteiger partial charge in [-0.2, -0.15) is 5.10 Å². The van der Waals surface area contributed by atoms with E-state index in [1.54, 1.807) is 6.20 Å². The van der Waals surface area contributed by atoms with Crippen LogP contribution in [-0.4, -0.2) is 43.6 Å². The fourth-order valence-electron chi connectivity index (χ4n) is 4.33. The Balaban J connectivity index is 1.31. The maximum atomic E-state index is 13.1. The minimum atomic E-state index is 0.0729. The standard InChI is InChI=1S/C23H23N5O/c1-16-20(15-26-28(16)18-6-3-2-4-7-18)23(29)27-12-9-17(10-13-27)21-14-25-22-19(21)8-5-11-24-22/h2-8,11,14-15,17H,9-10,12-13H2,1H3,(H,24,25). The maximum absolute atomic E-state index is 13.1. The van der Waals surface area contributed by atoms with Crippen LogP contribution in [0.15, 0.2) is 61.1 Å². The van der Waals surface area contributed by atoms with E-state index in [0.717, 1.165) is 43.0 Å². The van der Waals surface area contributed by atoms with Crippen LogP contribution in [0.2, 0.25) is 0 Å². The first-order chi connectivity index (χ1) is 14.2. The molecular weight excluding hydrogens is 362 g/mol. The third-order valence-electron chi connectivity index (χ3n) is 5.95. The van der Waals surface area contributed by atoms with E-state index >= 15 is 0 Å². The molecule has 1 saturated heterocycles. The number of carbonyl (C=O) groups is 1. The van der Waals surface area contributed by atoms with Crippen molar-refractivity contribution in [3.8, 4) is 5.69 Å². The first kappa shape index (κ1) is 17.7. The van der Waals surface area contributed by atoms with Crippen molar-refractivity contribution in [2.45, 2.75) is 25.7 Å². The third-order valence-corrected chi connectivity index (χ3v) is 5.95. The number of para-hydroxylation sites is 1. The van der Waals surface area contributed by atoms with Crippen molar-refractivity contribution in [3.05, 3.63) is 77.9 Å². The number of benzene rings is 1. The lowest BCUT2D eigenvalue weighted by molar-refractivity contribution is 0.0712. The topological polar surface area (TPSA) is 66.8 Å². The van der Waals surface area contributed by atoms with Gasteiger partial charge in [0, 0.05) is 30.9 Å². The number of H-pyrrole nitrogens is 1. The van der Waals surface area contributed by atoms with E-state index in [1.165, 1.54) is 10.9 Å². The summed E-state index contributed by atoms with van der Waals surface area (Å²) in [6.45, 7) is 3.47. The molecular formula is C23H23N5O. The molecule has 1 aromatic carbocycles. The van der Waals surface area contributed by atoms with E-state index in [0.29, 0.717) is 11.5 Å². The van der Waals surface area contributed by atoms with Gasteiger partial charge in [-0.15, -0.1) is 0 Å². The summed E-state index contributed by atoms with van der Waals surface area (Å²) < 4.78 is 1.83. The average molecular weight is 385 g/mol. The monoisotopic (exact) mass is 385 g/mol. The van der Waals surface area contributed by atoms with E-state index in [4.69, 9.17) is 0 Å². The Morgan fingerprint density at radius 3 is 2.69 bits per heavy atom. The van der Waals surface area contributed by atoms with E-state index in [9.17, 15) is 4.79 Å². The largest absolute Gasteiger partial charge is 0.346 e. The number of fused-ring (bicyclic) bond motifs is 1. The molecule has 0 radical (unpaired) electrons. The van der Waals surface area contributed by atoms with Gasteiger partial charge in [-0.1, -0.05) is 18.2 Å². The molecule has 146 valence electrons. The molecule has 1 fully saturated rings. The normalized spacial score (nSPS) is 15.1. The zero-order valence-electron chi connectivity index (χ0n) is 16.4. The molecule has 29 heavy (non-hydrogen) atoms. The number of aromatic amines is 1. The maximum Gasteiger partial charge on any atom is 0.257 e. The van der Waals surface area contributed by atoms with Gasteiger partial charge >= 0.3 is 0 Å². The lowest BCUT2D eigenvalue weighted by atomic mass is 9.89. The zero-order valence-corrected chi connectivity index (χ0v) is 16.4. The summed E-state index contributed by atoms with van der Waals surface area (Å²) in [5.41, 5.74) is 4.78. The van der Waals surface area contributed by atoms with Gasteiger partial charge < -0.3 is 9.88 Å². The van der Waals surface area contributed by atoms with Crippen LogP contribution in [0, 0.1) is 6.92 Å². The highest BCUT2D eigenvalue weighted by Crippen LogP contribution is 2.33. The molecule has 1 N–H and O–H groups in total. The first-order valence-electron chi connectivity index (χ1n) is 10.0.